The Hall–Kier alpha value is -3.39. The second-order valence-corrected chi connectivity index (χ2v) is 8.50. The summed E-state index contributed by atoms with van der Waals surface area (Å²) in [6.07, 6.45) is 7.20. The highest BCUT2D eigenvalue weighted by molar-refractivity contribution is 6.08. The number of quaternary nitrogens is 1. The first-order valence-electron chi connectivity index (χ1n) is 9.84. The van der Waals surface area contributed by atoms with Crippen LogP contribution in [-0.4, -0.2) is 45.0 Å². The minimum absolute atomic E-state index is 0.243. The lowest BCUT2D eigenvalue weighted by Gasteiger charge is -2.31. The van der Waals surface area contributed by atoms with Crippen molar-refractivity contribution in [2.75, 3.05) is 19.8 Å². The van der Waals surface area contributed by atoms with Crippen LogP contribution in [0.1, 0.15) is 38.0 Å². The third-order valence-electron chi connectivity index (χ3n) is 5.73. The van der Waals surface area contributed by atoms with Crippen LogP contribution in [0.2, 0.25) is 0 Å². The molecule has 0 fully saturated rings. The van der Waals surface area contributed by atoms with Crippen LogP contribution >= 0.6 is 0 Å². The Morgan fingerprint density at radius 3 is 2.27 bits per heavy atom. The maximum atomic E-state index is 5.60. The summed E-state index contributed by atoms with van der Waals surface area (Å²) in [7, 11) is 3.96. The Balaban J connectivity index is 1.68. The van der Waals surface area contributed by atoms with Crippen molar-refractivity contribution in [2.45, 2.75) is 26.2 Å². The van der Waals surface area contributed by atoms with Crippen molar-refractivity contribution in [1.82, 2.24) is 20.1 Å². The topological polar surface area (TPSA) is 103 Å². The monoisotopic (exact) mass is 404 g/mol. The van der Waals surface area contributed by atoms with E-state index in [1.165, 1.54) is 0 Å². The third kappa shape index (κ3) is 3.50. The van der Waals surface area contributed by atoms with E-state index in [4.69, 9.17) is 15.2 Å². The lowest BCUT2D eigenvalue weighted by atomic mass is 9.72. The lowest BCUT2D eigenvalue weighted by molar-refractivity contribution is -0.842. The molecule has 1 aliphatic rings. The summed E-state index contributed by atoms with van der Waals surface area (Å²) in [5.41, 5.74) is 9.05. The molecule has 0 saturated heterocycles. The zero-order chi connectivity index (χ0) is 21.5. The van der Waals surface area contributed by atoms with E-state index in [1.807, 2.05) is 20.3 Å². The van der Waals surface area contributed by atoms with Gasteiger partial charge in [0.15, 0.2) is 5.82 Å². The van der Waals surface area contributed by atoms with Crippen molar-refractivity contribution in [3.63, 3.8) is 0 Å². The van der Waals surface area contributed by atoms with Crippen LogP contribution in [0.25, 0.3) is 16.7 Å². The van der Waals surface area contributed by atoms with Crippen LogP contribution in [0.3, 0.4) is 0 Å². The number of hydrogen-bond donors (Lipinski definition) is 1. The first-order chi connectivity index (χ1) is 14.2. The Morgan fingerprint density at radius 2 is 1.70 bits per heavy atom. The van der Waals surface area contributed by atoms with Crippen LogP contribution in [0.4, 0.5) is 5.95 Å². The van der Waals surface area contributed by atoms with Crippen LogP contribution in [0.15, 0.2) is 52.5 Å². The SMILES string of the molecule is CC(C)C(C)(c1ccc(-c2cnc(N)nc2)cc1)c1noc(C2=C[N+](C)(C)N=C2)n1. The molecule has 3 heterocycles. The summed E-state index contributed by atoms with van der Waals surface area (Å²) < 4.78 is 6.01. The lowest BCUT2D eigenvalue weighted by Crippen LogP contribution is -2.31. The van der Waals surface area contributed by atoms with Crippen molar-refractivity contribution in [2.24, 2.45) is 11.0 Å². The molecule has 0 aliphatic carbocycles. The van der Waals surface area contributed by atoms with Crippen LogP contribution in [0.5, 0.6) is 0 Å². The molecule has 1 atom stereocenters. The van der Waals surface area contributed by atoms with Gasteiger partial charge in [0.25, 0.3) is 5.89 Å². The van der Waals surface area contributed by atoms with Crippen LogP contribution in [-0.2, 0) is 5.41 Å². The second kappa shape index (κ2) is 7.14. The summed E-state index contributed by atoms with van der Waals surface area (Å²) in [4.78, 5) is 12.9. The molecule has 1 aliphatic heterocycles. The summed E-state index contributed by atoms with van der Waals surface area (Å²) in [5.74, 6) is 1.65. The predicted octanol–water partition coefficient (Wildman–Crippen LogP) is 3.49. The first-order valence-corrected chi connectivity index (χ1v) is 9.84. The molecule has 8 heteroatoms. The van der Waals surface area contributed by atoms with Crippen LogP contribution in [0, 0.1) is 5.92 Å². The maximum Gasteiger partial charge on any atom is 0.265 e. The maximum absolute atomic E-state index is 5.60. The van der Waals surface area contributed by atoms with Crippen molar-refractivity contribution in [3.05, 3.63) is 60.1 Å². The molecule has 1 unspecified atom stereocenters. The van der Waals surface area contributed by atoms with Gasteiger partial charge in [0, 0.05) is 18.0 Å². The van der Waals surface area contributed by atoms with E-state index in [0.717, 1.165) is 22.3 Å². The Kier molecular flexibility index (Phi) is 4.74. The van der Waals surface area contributed by atoms with Crippen molar-refractivity contribution >= 4 is 17.7 Å². The normalized spacial score (nSPS) is 17.2. The molecule has 0 saturated carbocycles. The largest absolute Gasteiger partial charge is 0.368 e. The van der Waals surface area contributed by atoms with Crippen molar-refractivity contribution in [1.29, 1.82) is 0 Å². The number of anilines is 1. The zero-order valence-electron chi connectivity index (χ0n) is 17.9. The summed E-state index contributed by atoms with van der Waals surface area (Å²) in [6, 6.07) is 8.30. The summed E-state index contributed by atoms with van der Waals surface area (Å²) in [5, 5.41) is 8.75. The van der Waals surface area contributed by atoms with Gasteiger partial charge < -0.3 is 10.3 Å². The molecule has 0 amide bonds. The van der Waals surface area contributed by atoms with Gasteiger partial charge in [-0.05, 0) is 24.0 Å². The molecule has 8 nitrogen and oxygen atoms in total. The number of nitrogens with zero attached hydrogens (tertiary/aromatic N) is 6. The van der Waals surface area contributed by atoms with E-state index in [9.17, 15) is 0 Å². The molecule has 154 valence electrons. The summed E-state index contributed by atoms with van der Waals surface area (Å²) in [6.45, 7) is 6.47. The molecule has 1 aromatic carbocycles. The average Bonchev–Trinajstić information content (AvgIpc) is 3.34. The van der Waals surface area contributed by atoms with Gasteiger partial charge in [-0.25, -0.2) is 9.97 Å². The Bertz CT molecular complexity index is 1110. The van der Waals surface area contributed by atoms with E-state index >= 15 is 0 Å². The number of nitrogens with two attached hydrogens (primary N) is 1. The van der Waals surface area contributed by atoms with Crippen molar-refractivity contribution in [3.8, 4) is 11.1 Å². The van der Waals surface area contributed by atoms with Gasteiger partial charge >= 0.3 is 0 Å². The number of benzene rings is 1. The fraction of sp³-hybridized carbons (Fsp3) is 0.318. The highest BCUT2D eigenvalue weighted by Crippen LogP contribution is 2.38. The zero-order valence-corrected chi connectivity index (χ0v) is 17.9. The molecule has 2 aromatic heterocycles. The molecule has 0 spiro atoms. The van der Waals surface area contributed by atoms with E-state index in [2.05, 4.69) is 65.3 Å². The van der Waals surface area contributed by atoms with E-state index in [0.29, 0.717) is 16.3 Å². The predicted molar refractivity (Wildman–Crippen MR) is 116 cm³/mol. The van der Waals surface area contributed by atoms with Gasteiger partial charge in [0.2, 0.25) is 5.95 Å². The van der Waals surface area contributed by atoms with E-state index in [1.54, 1.807) is 18.6 Å². The molecule has 0 bridgehead atoms. The molecular weight excluding hydrogens is 378 g/mol. The molecule has 3 aromatic rings. The van der Waals surface area contributed by atoms with Crippen LogP contribution < -0.4 is 5.73 Å². The quantitative estimate of drug-likeness (QED) is 0.653. The number of rotatable bonds is 5. The van der Waals surface area contributed by atoms with Gasteiger partial charge in [-0.2, -0.15) is 9.58 Å². The van der Waals surface area contributed by atoms with E-state index < -0.39 is 5.41 Å². The Morgan fingerprint density at radius 1 is 1.03 bits per heavy atom. The molecular formula is C22H26N7O+. The minimum Gasteiger partial charge on any atom is -0.368 e. The number of aromatic nitrogens is 4. The third-order valence-corrected chi connectivity index (χ3v) is 5.73. The van der Waals surface area contributed by atoms with Gasteiger partial charge in [0.1, 0.15) is 18.0 Å². The molecule has 30 heavy (non-hydrogen) atoms. The minimum atomic E-state index is -0.418. The standard InChI is InChI=1S/C22H26N7O/c1-14(2)22(3,20-27-19(30-28-20)17-12-26-29(4,5)13-17)18-8-6-15(7-9-18)16-10-24-21(23)25-11-16/h6-14H,1-5H3,(H2,23,24,25)/q+1. The molecule has 2 N–H and O–H groups in total. The number of hydrogen-bond acceptors (Lipinski definition) is 7. The second-order valence-electron chi connectivity index (χ2n) is 8.50. The average molecular weight is 404 g/mol. The van der Waals surface area contributed by atoms with Gasteiger partial charge in [0.05, 0.1) is 19.5 Å². The summed E-state index contributed by atoms with van der Waals surface area (Å²) >= 11 is 0. The fourth-order valence-electron chi connectivity index (χ4n) is 3.50. The highest BCUT2D eigenvalue weighted by atomic mass is 16.5. The highest BCUT2D eigenvalue weighted by Gasteiger charge is 2.38. The van der Waals surface area contributed by atoms with Gasteiger partial charge in [-0.3, -0.25) is 0 Å². The fourth-order valence-corrected chi connectivity index (χ4v) is 3.50. The number of allylic oxidation sites excluding steroid dienone is 1. The van der Waals surface area contributed by atoms with Gasteiger partial charge in [-0.1, -0.05) is 48.4 Å². The first kappa shape index (κ1) is 19.9. The Labute approximate surface area is 175 Å². The molecule has 0 radical (unpaired) electrons. The number of nitrogen functional groups attached to an aromatic ring is 1. The van der Waals surface area contributed by atoms with E-state index in [-0.39, 0.29) is 11.9 Å². The van der Waals surface area contributed by atoms with Gasteiger partial charge in [-0.15, -0.1) is 0 Å². The smallest absolute Gasteiger partial charge is 0.265 e. The van der Waals surface area contributed by atoms with Crippen molar-refractivity contribution < 1.29 is 9.12 Å². The molecule has 4 rings (SSSR count).